The van der Waals surface area contributed by atoms with E-state index in [0.717, 1.165) is 23.2 Å². The molecule has 1 aromatic heterocycles. The van der Waals surface area contributed by atoms with Crippen molar-refractivity contribution in [2.24, 2.45) is 0 Å². The topological polar surface area (TPSA) is 76.8 Å². The van der Waals surface area contributed by atoms with Gasteiger partial charge in [-0.1, -0.05) is 42.5 Å². The maximum Gasteiger partial charge on any atom is 0.375 e. The average molecular weight is 417 g/mol. The molecule has 31 heavy (non-hydrogen) atoms. The van der Waals surface area contributed by atoms with Crippen LogP contribution in [0.15, 0.2) is 65.1 Å². The number of amides is 1. The third-order valence-electron chi connectivity index (χ3n) is 5.46. The van der Waals surface area contributed by atoms with Crippen LogP contribution in [0.4, 0.5) is 5.69 Å². The Labute approximate surface area is 180 Å². The minimum Gasteiger partial charge on any atom is -0.449 e. The molecular weight excluding hydrogens is 394 g/mol. The number of ketones is 1. The first-order valence-electron chi connectivity index (χ1n) is 10.2. The summed E-state index contributed by atoms with van der Waals surface area (Å²) in [7, 11) is 0. The minimum absolute atomic E-state index is 0.000702. The number of carbonyl (C=O) groups is 3. The van der Waals surface area contributed by atoms with Gasteiger partial charge in [-0.05, 0) is 51.0 Å². The highest BCUT2D eigenvalue weighted by Gasteiger charge is 2.34. The van der Waals surface area contributed by atoms with E-state index in [2.05, 4.69) is 0 Å². The van der Waals surface area contributed by atoms with Crippen LogP contribution in [0.25, 0.3) is 11.3 Å². The van der Waals surface area contributed by atoms with Crippen LogP contribution in [0.5, 0.6) is 0 Å². The fraction of sp³-hybridized carbons (Fsp3) is 0.240. The molecule has 0 N–H and O–H groups in total. The van der Waals surface area contributed by atoms with Gasteiger partial charge in [-0.15, -0.1) is 0 Å². The molecule has 3 aromatic rings. The van der Waals surface area contributed by atoms with E-state index >= 15 is 0 Å². The summed E-state index contributed by atoms with van der Waals surface area (Å²) in [5.41, 5.74) is 3.29. The molecule has 6 heteroatoms. The summed E-state index contributed by atoms with van der Waals surface area (Å²) in [4.78, 5) is 38.7. The number of ether oxygens (including phenoxy) is 1. The zero-order chi connectivity index (χ0) is 22.1. The van der Waals surface area contributed by atoms with E-state index in [4.69, 9.17) is 9.15 Å². The van der Waals surface area contributed by atoms with E-state index in [-0.39, 0.29) is 23.5 Å². The number of Topliss-reactive ketones (excluding diaryl/α,β-unsaturated/α-hetero) is 1. The van der Waals surface area contributed by atoms with Gasteiger partial charge in [-0.25, -0.2) is 4.79 Å². The molecule has 1 amide bonds. The van der Waals surface area contributed by atoms with Gasteiger partial charge in [0.15, 0.2) is 11.9 Å². The van der Waals surface area contributed by atoms with Gasteiger partial charge in [-0.2, -0.15) is 0 Å². The van der Waals surface area contributed by atoms with Gasteiger partial charge in [-0.3, -0.25) is 9.59 Å². The zero-order valence-corrected chi connectivity index (χ0v) is 17.6. The predicted molar refractivity (Wildman–Crippen MR) is 116 cm³/mol. The molecule has 0 aliphatic carbocycles. The van der Waals surface area contributed by atoms with Crippen molar-refractivity contribution >= 4 is 23.3 Å². The van der Waals surface area contributed by atoms with Crippen molar-refractivity contribution in [3.8, 4) is 11.3 Å². The number of furan rings is 1. The lowest BCUT2D eigenvalue weighted by Gasteiger charge is -2.25. The Balaban J connectivity index is 1.45. The van der Waals surface area contributed by atoms with Crippen LogP contribution in [0.1, 0.15) is 47.2 Å². The van der Waals surface area contributed by atoms with Crippen LogP contribution in [0.2, 0.25) is 0 Å². The zero-order valence-electron chi connectivity index (χ0n) is 17.6. The first kappa shape index (κ1) is 20.6. The predicted octanol–water partition coefficient (Wildman–Crippen LogP) is 4.67. The van der Waals surface area contributed by atoms with Crippen molar-refractivity contribution < 1.29 is 23.5 Å². The molecule has 1 aliphatic rings. The van der Waals surface area contributed by atoms with Crippen LogP contribution in [-0.2, 0) is 16.0 Å². The van der Waals surface area contributed by atoms with Crippen molar-refractivity contribution in [3.63, 3.8) is 0 Å². The fourth-order valence-electron chi connectivity index (χ4n) is 3.84. The highest BCUT2D eigenvalue weighted by molar-refractivity contribution is 6.00. The van der Waals surface area contributed by atoms with Gasteiger partial charge in [0.25, 0.3) is 5.91 Å². The number of esters is 1. The third-order valence-corrected chi connectivity index (χ3v) is 5.46. The standard InChI is InChI=1S/C25H23NO5/c1-15-14-20-6-4-5-7-21(20)26(15)24(28)17(3)30-25(29)23-13-12-22(31-23)19-10-8-18(9-11-19)16(2)27/h4-13,15,17H,14H2,1-3H3/t15-,17+/m1/s1. The summed E-state index contributed by atoms with van der Waals surface area (Å²) in [6.45, 7) is 5.04. The maximum absolute atomic E-state index is 13.0. The number of nitrogens with zero attached hydrogens (tertiary/aromatic N) is 1. The Morgan fingerprint density at radius 2 is 1.74 bits per heavy atom. The molecule has 1 aliphatic heterocycles. The smallest absolute Gasteiger partial charge is 0.375 e. The monoisotopic (exact) mass is 417 g/mol. The summed E-state index contributed by atoms with van der Waals surface area (Å²) in [5.74, 6) is -0.503. The second-order valence-corrected chi connectivity index (χ2v) is 7.74. The number of carbonyl (C=O) groups excluding carboxylic acids is 3. The first-order chi connectivity index (χ1) is 14.8. The van der Waals surface area contributed by atoms with E-state index in [1.165, 1.54) is 13.0 Å². The molecule has 0 radical (unpaired) electrons. The molecule has 0 saturated heterocycles. The number of fused-ring (bicyclic) bond motifs is 1. The molecule has 0 unspecified atom stereocenters. The van der Waals surface area contributed by atoms with Crippen molar-refractivity contribution in [1.82, 2.24) is 0 Å². The van der Waals surface area contributed by atoms with E-state index < -0.39 is 12.1 Å². The molecule has 0 spiro atoms. The summed E-state index contributed by atoms with van der Waals surface area (Å²) < 4.78 is 11.0. The second-order valence-electron chi connectivity index (χ2n) is 7.74. The van der Waals surface area contributed by atoms with Gasteiger partial charge < -0.3 is 14.1 Å². The number of hydrogen-bond donors (Lipinski definition) is 0. The van der Waals surface area contributed by atoms with Crippen molar-refractivity contribution in [1.29, 1.82) is 0 Å². The average Bonchev–Trinajstić information content (AvgIpc) is 3.37. The van der Waals surface area contributed by atoms with Crippen LogP contribution >= 0.6 is 0 Å². The number of para-hydroxylation sites is 1. The lowest BCUT2D eigenvalue weighted by Crippen LogP contribution is -2.43. The minimum atomic E-state index is -0.954. The van der Waals surface area contributed by atoms with Gasteiger partial charge in [0.05, 0.1) is 0 Å². The number of hydrogen-bond acceptors (Lipinski definition) is 5. The Kier molecular flexibility index (Phi) is 5.46. The quantitative estimate of drug-likeness (QED) is 0.445. The molecule has 2 atom stereocenters. The fourth-order valence-corrected chi connectivity index (χ4v) is 3.84. The number of anilines is 1. The lowest BCUT2D eigenvalue weighted by atomic mass is 10.1. The van der Waals surface area contributed by atoms with Crippen molar-refractivity contribution in [2.45, 2.75) is 39.3 Å². The summed E-state index contributed by atoms with van der Waals surface area (Å²) in [6, 6.07) is 17.8. The molecule has 4 rings (SSSR count). The molecule has 2 heterocycles. The van der Waals surface area contributed by atoms with Crippen LogP contribution in [-0.4, -0.2) is 29.8 Å². The van der Waals surface area contributed by atoms with Crippen molar-refractivity contribution in [2.75, 3.05) is 4.90 Å². The molecule has 2 aromatic carbocycles. The van der Waals surface area contributed by atoms with E-state index in [1.54, 1.807) is 42.2 Å². The Morgan fingerprint density at radius 1 is 1.03 bits per heavy atom. The summed E-state index contributed by atoms with van der Waals surface area (Å²) in [6.07, 6.45) is -0.184. The largest absolute Gasteiger partial charge is 0.449 e. The summed E-state index contributed by atoms with van der Waals surface area (Å²) >= 11 is 0. The van der Waals surface area contributed by atoms with E-state index in [0.29, 0.717) is 11.3 Å². The SMILES string of the molecule is CC(=O)c1ccc(-c2ccc(C(=O)O[C@@H](C)C(=O)N3c4ccccc4C[C@H]3C)o2)cc1. The molecular formula is C25H23NO5. The van der Waals surface area contributed by atoms with Crippen LogP contribution < -0.4 is 4.90 Å². The lowest BCUT2D eigenvalue weighted by molar-refractivity contribution is -0.126. The molecule has 0 fully saturated rings. The van der Waals surface area contributed by atoms with E-state index in [9.17, 15) is 14.4 Å². The summed E-state index contributed by atoms with van der Waals surface area (Å²) in [5, 5.41) is 0. The number of rotatable bonds is 5. The Morgan fingerprint density at radius 3 is 2.45 bits per heavy atom. The maximum atomic E-state index is 13.0. The van der Waals surface area contributed by atoms with Gasteiger partial charge in [0.2, 0.25) is 5.76 Å². The molecule has 0 saturated carbocycles. The highest BCUT2D eigenvalue weighted by Crippen LogP contribution is 2.32. The first-order valence-corrected chi connectivity index (χ1v) is 10.2. The molecule has 158 valence electrons. The Hall–Kier alpha value is -3.67. The number of benzene rings is 2. The van der Waals surface area contributed by atoms with Crippen LogP contribution in [0.3, 0.4) is 0 Å². The normalized spacial score (nSPS) is 16.0. The van der Waals surface area contributed by atoms with Gasteiger partial charge >= 0.3 is 5.97 Å². The van der Waals surface area contributed by atoms with Gasteiger partial charge in [0, 0.05) is 22.9 Å². The van der Waals surface area contributed by atoms with E-state index in [1.807, 2.05) is 31.2 Å². The third kappa shape index (κ3) is 4.01. The highest BCUT2D eigenvalue weighted by atomic mass is 16.6. The van der Waals surface area contributed by atoms with Crippen molar-refractivity contribution in [3.05, 3.63) is 77.6 Å². The van der Waals surface area contributed by atoms with Gasteiger partial charge in [0.1, 0.15) is 5.76 Å². The Bertz CT molecular complexity index is 1140. The molecule has 0 bridgehead atoms. The van der Waals surface area contributed by atoms with Crippen LogP contribution in [0, 0.1) is 0 Å². The second kappa shape index (κ2) is 8.22. The molecule has 6 nitrogen and oxygen atoms in total.